The van der Waals surface area contributed by atoms with E-state index in [2.05, 4.69) is 0 Å². The average molecular weight is 443 g/mol. The Morgan fingerprint density at radius 1 is 1.00 bits per heavy atom. The Bertz CT molecular complexity index is 884. The number of aliphatic hydroxyl groups excluding tert-OH is 4. The Kier molecular flexibility index (Phi) is 7.12. The van der Waals surface area contributed by atoms with Crippen LogP contribution >= 0.6 is 11.6 Å². The number of ether oxygens (including phenoxy) is 1. The molecule has 0 spiro atoms. The fourth-order valence-electron chi connectivity index (χ4n) is 4.09. The van der Waals surface area contributed by atoms with E-state index in [1.54, 1.807) is 18.2 Å². The van der Waals surface area contributed by atoms with E-state index in [9.17, 15) is 29.2 Å². The molecule has 3 rings (SSSR count). The SMILES string of the molecule is CC[C@H](c1ccc(-c2cc(F)c(Cl)c(F)c2)cc1C)[C@H]1O[C@H](CO)[C@@H](O)[C@H](O)[C@@H]1O. The summed E-state index contributed by atoms with van der Waals surface area (Å²) >= 11 is 5.56. The van der Waals surface area contributed by atoms with Crippen LogP contribution in [-0.4, -0.2) is 57.6 Å². The maximum Gasteiger partial charge on any atom is 0.145 e. The normalized spacial score (nSPS) is 27.8. The number of aliphatic hydroxyl groups is 4. The summed E-state index contributed by atoms with van der Waals surface area (Å²) < 4.78 is 33.4. The van der Waals surface area contributed by atoms with E-state index in [-0.39, 0.29) is 5.92 Å². The lowest BCUT2D eigenvalue weighted by atomic mass is 9.80. The van der Waals surface area contributed by atoms with Crippen LogP contribution in [0.4, 0.5) is 8.78 Å². The topological polar surface area (TPSA) is 90.2 Å². The van der Waals surface area contributed by atoms with Gasteiger partial charge in [0.2, 0.25) is 0 Å². The molecule has 1 saturated heterocycles. The van der Waals surface area contributed by atoms with Crippen LogP contribution in [0.2, 0.25) is 5.02 Å². The van der Waals surface area contributed by atoms with Gasteiger partial charge in [0.1, 0.15) is 41.1 Å². The van der Waals surface area contributed by atoms with Crippen LogP contribution in [0.5, 0.6) is 0 Å². The van der Waals surface area contributed by atoms with Gasteiger partial charge in [0.25, 0.3) is 0 Å². The highest BCUT2D eigenvalue weighted by Gasteiger charge is 2.46. The van der Waals surface area contributed by atoms with Gasteiger partial charge in [-0.3, -0.25) is 0 Å². The summed E-state index contributed by atoms with van der Waals surface area (Å²) in [5, 5.41) is 39.5. The third kappa shape index (κ3) is 4.23. The van der Waals surface area contributed by atoms with Crippen molar-refractivity contribution < 1.29 is 33.9 Å². The first-order valence-corrected chi connectivity index (χ1v) is 10.1. The first-order valence-electron chi connectivity index (χ1n) is 9.75. The lowest BCUT2D eigenvalue weighted by Gasteiger charge is -2.43. The van der Waals surface area contributed by atoms with Gasteiger partial charge in [-0.1, -0.05) is 36.7 Å². The molecule has 1 aliphatic heterocycles. The standard InChI is InChI=1S/C22H25ClF2O5/c1-3-13(22-21(29)20(28)19(27)17(9-26)30-22)14-5-4-11(6-10(14)2)12-7-15(24)18(23)16(25)8-12/h4-8,13,17,19-22,26-29H,3,9H2,1-2H3/t13-,17-,19-,20+,21+,22-/m1/s1. The van der Waals surface area contributed by atoms with Gasteiger partial charge in [-0.2, -0.15) is 0 Å². The molecule has 30 heavy (non-hydrogen) atoms. The fourth-order valence-corrected chi connectivity index (χ4v) is 4.19. The molecule has 0 radical (unpaired) electrons. The summed E-state index contributed by atoms with van der Waals surface area (Å²) in [6, 6.07) is 7.58. The van der Waals surface area contributed by atoms with Crippen molar-refractivity contribution in [1.82, 2.24) is 0 Å². The highest BCUT2D eigenvalue weighted by Crippen LogP contribution is 2.37. The van der Waals surface area contributed by atoms with Crippen molar-refractivity contribution in [2.75, 3.05) is 6.61 Å². The largest absolute Gasteiger partial charge is 0.394 e. The first kappa shape index (κ1) is 23.1. The van der Waals surface area contributed by atoms with Gasteiger partial charge in [-0.25, -0.2) is 8.78 Å². The quantitative estimate of drug-likeness (QED) is 0.535. The second kappa shape index (κ2) is 9.26. The maximum absolute atomic E-state index is 13.8. The predicted molar refractivity (Wildman–Crippen MR) is 108 cm³/mol. The summed E-state index contributed by atoms with van der Waals surface area (Å²) in [6.45, 7) is 3.22. The van der Waals surface area contributed by atoms with Crippen LogP contribution in [0.25, 0.3) is 11.1 Å². The minimum Gasteiger partial charge on any atom is -0.394 e. The minimum atomic E-state index is -1.45. The molecule has 1 heterocycles. The summed E-state index contributed by atoms with van der Waals surface area (Å²) in [4.78, 5) is 0. The molecule has 5 nitrogen and oxygen atoms in total. The number of halogens is 3. The van der Waals surface area contributed by atoms with Crippen molar-refractivity contribution >= 4 is 11.6 Å². The molecular weight excluding hydrogens is 418 g/mol. The van der Waals surface area contributed by atoms with Gasteiger partial charge < -0.3 is 25.2 Å². The fraction of sp³-hybridized carbons (Fsp3) is 0.455. The first-order chi connectivity index (χ1) is 14.2. The van der Waals surface area contributed by atoms with E-state index in [4.69, 9.17) is 16.3 Å². The second-order valence-corrected chi connectivity index (χ2v) is 8.01. The smallest absolute Gasteiger partial charge is 0.145 e. The molecule has 0 aliphatic carbocycles. The van der Waals surface area contributed by atoms with Crippen molar-refractivity contribution in [1.29, 1.82) is 0 Å². The summed E-state index contributed by atoms with van der Waals surface area (Å²) in [7, 11) is 0. The van der Waals surface area contributed by atoms with Crippen LogP contribution in [0.15, 0.2) is 30.3 Å². The number of benzene rings is 2. The Labute approximate surface area is 178 Å². The monoisotopic (exact) mass is 442 g/mol. The molecular formula is C22H25ClF2O5. The molecule has 0 bridgehead atoms. The number of aryl methyl sites for hydroxylation is 1. The third-order valence-corrected chi connectivity index (χ3v) is 6.11. The number of hydrogen-bond donors (Lipinski definition) is 4. The Balaban J connectivity index is 1.94. The Morgan fingerprint density at radius 2 is 1.63 bits per heavy atom. The van der Waals surface area contributed by atoms with E-state index in [0.29, 0.717) is 17.5 Å². The Hall–Kier alpha value is -1.61. The lowest BCUT2D eigenvalue weighted by Crippen LogP contribution is -2.59. The van der Waals surface area contributed by atoms with E-state index >= 15 is 0 Å². The third-order valence-electron chi connectivity index (χ3n) is 5.75. The Morgan fingerprint density at radius 3 is 2.17 bits per heavy atom. The summed E-state index contributed by atoms with van der Waals surface area (Å²) in [5.41, 5.74) is 2.55. The zero-order chi connectivity index (χ0) is 22.2. The van der Waals surface area contributed by atoms with Crippen LogP contribution in [0, 0.1) is 18.6 Å². The molecule has 0 unspecified atom stereocenters. The zero-order valence-corrected chi connectivity index (χ0v) is 17.4. The summed E-state index contributed by atoms with van der Waals surface area (Å²) in [5.74, 6) is -2.04. The highest BCUT2D eigenvalue weighted by atomic mass is 35.5. The van der Waals surface area contributed by atoms with Gasteiger partial charge in [-0.05, 0) is 47.7 Å². The van der Waals surface area contributed by atoms with Gasteiger partial charge in [0.15, 0.2) is 0 Å². The van der Waals surface area contributed by atoms with Gasteiger partial charge >= 0.3 is 0 Å². The highest BCUT2D eigenvalue weighted by molar-refractivity contribution is 6.31. The van der Waals surface area contributed by atoms with Crippen molar-refractivity contribution in [3.63, 3.8) is 0 Å². The molecule has 8 heteroatoms. The van der Waals surface area contributed by atoms with Gasteiger partial charge in [0.05, 0.1) is 12.7 Å². The van der Waals surface area contributed by atoms with Gasteiger partial charge in [-0.15, -0.1) is 0 Å². The maximum atomic E-state index is 13.8. The van der Waals surface area contributed by atoms with Crippen molar-refractivity contribution in [2.45, 2.75) is 56.7 Å². The van der Waals surface area contributed by atoms with Crippen molar-refractivity contribution in [2.24, 2.45) is 0 Å². The zero-order valence-electron chi connectivity index (χ0n) is 16.6. The second-order valence-electron chi connectivity index (χ2n) is 7.63. The molecule has 1 fully saturated rings. The molecule has 2 aromatic carbocycles. The molecule has 4 N–H and O–H groups in total. The van der Waals surface area contributed by atoms with Crippen molar-refractivity contribution in [3.8, 4) is 11.1 Å². The van der Waals surface area contributed by atoms with E-state index in [0.717, 1.165) is 23.3 Å². The average Bonchev–Trinajstić information content (AvgIpc) is 2.72. The van der Waals surface area contributed by atoms with Crippen LogP contribution in [-0.2, 0) is 4.74 Å². The molecule has 164 valence electrons. The van der Waals surface area contributed by atoms with Crippen LogP contribution in [0.3, 0.4) is 0 Å². The van der Waals surface area contributed by atoms with Crippen LogP contribution < -0.4 is 0 Å². The number of rotatable bonds is 5. The van der Waals surface area contributed by atoms with E-state index in [1.165, 1.54) is 0 Å². The molecule has 1 aliphatic rings. The lowest BCUT2D eigenvalue weighted by molar-refractivity contribution is -0.234. The molecule has 6 atom stereocenters. The van der Waals surface area contributed by atoms with Gasteiger partial charge in [0, 0.05) is 5.92 Å². The minimum absolute atomic E-state index is 0.338. The number of hydrogen-bond acceptors (Lipinski definition) is 5. The van der Waals surface area contributed by atoms with E-state index < -0.39 is 53.8 Å². The van der Waals surface area contributed by atoms with Crippen LogP contribution in [0.1, 0.15) is 30.4 Å². The molecule has 2 aromatic rings. The molecule has 0 saturated carbocycles. The predicted octanol–water partition coefficient (Wildman–Crippen LogP) is 2.93. The van der Waals surface area contributed by atoms with E-state index in [1.807, 2.05) is 13.8 Å². The van der Waals surface area contributed by atoms with Crippen molar-refractivity contribution in [3.05, 3.63) is 58.1 Å². The molecule has 0 amide bonds. The molecule has 0 aromatic heterocycles. The summed E-state index contributed by atoms with van der Waals surface area (Å²) in [6.07, 6.45) is -5.49.